The number of non-ortho nitro benzene ring substituents is 1. The summed E-state index contributed by atoms with van der Waals surface area (Å²) in [5.74, 6) is 0. The highest BCUT2D eigenvalue weighted by molar-refractivity contribution is 6.03. The first-order chi connectivity index (χ1) is 13.5. The Balaban J connectivity index is 2.14. The Hall–Kier alpha value is -3.52. The standard InChI is InChI=1S/C20H20N4O4/c1-14(21-12-13-28-2)18-19(15-6-4-3-5-7-15)22-23(20(18)25)16-8-10-17(11-9-16)24(26)27/h3-11,22H,12-13H2,1-2H3. The molecular formula is C20H20N4O4. The van der Waals surface area contributed by atoms with Gasteiger partial charge in [-0.2, -0.15) is 0 Å². The maximum Gasteiger partial charge on any atom is 0.280 e. The van der Waals surface area contributed by atoms with E-state index < -0.39 is 4.92 Å². The fourth-order valence-electron chi connectivity index (χ4n) is 2.88. The summed E-state index contributed by atoms with van der Waals surface area (Å²) in [4.78, 5) is 28.0. The summed E-state index contributed by atoms with van der Waals surface area (Å²) in [6, 6.07) is 15.3. The Morgan fingerprint density at radius 1 is 1.18 bits per heavy atom. The molecule has 0 aliphatic heterocycles. The van der Waals surface area contributed by atoms with E-state index in [1.807, 2.05) is 30.3 Å². The highest BCUT2D eigenvalue weighted by atomic mass is 16.6. The van der Waals surface area contributed by atoms with Crippen LogP contribution in [-0.4, -0.2) is 40.7 Å². The summed E-state index contributed by atoms with van der Waals surface area (Å²) in [5, 5.41) is 14.0. The molecule has 8 nitrogen and oxygen atoms in total. The summed E-state index contributed by atoms with van der Waals surface area (Å²) in [6.45, 7) is 2.69. The monoisotopic (exact) mass is 380 g/mol. The highest BCUT2D eigenvalue weighted by Gasteiger charge is 2.19. The van der Waals surface area contributed by atoms with Crippen molar-refractivity contribution in [3.05, 3.63) is 80.6 Å². The molecule has 0 fully saturated rings. The third-order valence-electron chi connectivity index (χ3n) is 4.28. The number of hydrogen-bond donors (Lipinski definition) is 1. The molecule has 0 unspecified atom stereocenters. The van der Waals surface area contributed by atoms with E-state index in [9.17, 15) is 14.9 Å². The molecule has 1 aromatic heterocycles. The van der Waals surface area contributed by atoms with E-state index in [0.29, 0.717) is 35.8 Å². The summed E-state index contributed by atoms with van der Waals surface area (Å²) in [6.07, 6.45) is 0. The largest absolute Gasteiger partial charge is 0.383 e. The molecule has 0 spiro atoms. The van der Waals surface area contributed by atoms with Gasteiger partial charge in [0.25, 0.3) is 11.2 Å². The normalized spacial score (nSPS) is 11.6. The minimum Gasteiger partial charge on any atom is -0.383 e. The van der Waals surface area contributed by atoms with Crippen molar-refractivity contribution in [3.8, 4) is 16.9 Å². The van der Waals surface area contributed by atoms with Gasteiger partial charge in [-0.15, -0.1) is 0 Å². The van der Waals surface area contributed by atoms with Crippen molar-refractivity contribution in [1.29, 1.82) is 0 Å². The minimum absolute atomic E-state index is 0.0378. The number of methoxy groups -OCH3 is 1. The van der Waals surface area contributed by atoms with Crippen molar-refractivity contribution in [2.45, 2.75) is 6.92 Å². The first-order valence-corrected chi connectivity index (χ1v) is 8.68. The van der Waals surface area contributed by atoms with Gasteiger partial charge in [-0.05, 0) is 19.1 Å². The summed E-state index contributed by atoms with van der Waals surface area (Å²) < 4.78 is 6.40. The van der Waals surface area contributed by atoms with Gasteiger partial charge >= 0.3 is 0 Å². The van der Waals surface area contributed by atoms with Crippen molar-refractivity contribution in [2.24, 2.45) is 4.99 Å². The van der Waals surface area contributed by atoms with Gasteiger partial charge in [-0.1, -0.05) is 30.3 Å². The number of nitro benzene ring substituents is 1. The Kier molecular flexibility index (Phi) is 5.81. The zero-order valence-electron chi connectivity index (χ0n) is 15.6. The number of benzene rings is 2. The van der Waals surface area contributed by atoms with Crippen LogP contribution in [0.5, 0.6) is 0 Å². The number of aromatic nitrogens is 2. The van der Waals surface area contributed by atoms with Crippen molar-refractivity contribution in [2.75, 3.05) is 20.3 Å². The molecular weight excluding hydrogens is 360 g/mol. The lowest BCUT2D eigenvalue weighted by Crippen LogP contribution is -2.20. The number of nitrogens with zero attached hydrogens (tertiary/aromatic N) is 3. The summed E-state index contributed by atoms with van der Waals surface area (Å²) >= 11 is 0. The number of ether oxygens (including phenoxy) is 1. The van der Waals surface area contributed by atoms with Crippen LogP contribution in [0.25, 0.3) is 16.9 Å². The van der Waals surface area contributed by atoms with Crippen LogP contribution in [0.1, 0.15) is 12.5 Å². The molecule has 3 rings (SSSR count). The first-order valence-electron chi connectivity index (χ1n) is 8.68. The van der Waals surface area contributed by atoms with Crippen molar-refractivity contribution in [1.82, 2.24) is 9.78 Å². The van der Waals surface area contributed by atoms with Gasteiger partial charge in [0, 0.05) is 30.5 Å². The Bertz CT molecular complexity index is 1050. The molecule has 8 heteroatoms. The fourth-order valence-corrected chi connectivity index (χ4v) is 2.88. The molecule has 0 saturated carbocycles. The van der Waals surface area contributed by atoms with Gasteiger partial charge in [0.15, 0.2) is 0 Å². The lowest BCUT2D eigenvalue weighted by atomic mass is 10.1. The molecule has 144 valence electrons. The van der Waals surface area contributed by atoms with Crippen LogP contribution >= 0.6 is 0 Å². The minimum atomic E-state index is -0.477. The van der Waals surface area contributed by atoms with Gasteiger partial charge in [-0.25, -0.2) is 4.68 Å². The van der Waals surface area contributed by atoms with E-state index in [0.717, 1.165) is 5.56 Å². The number of aliphatic imine (C=N–C) groups is 1. The van der Waals surface area contributed by atoms with E-state index in [2.05, 4.69) is 10.1 Å². The smallest absolute Gasteiger partial charge is 0.280 e. The van der Waals surface area contributed by atoms with E-state index in [-0.39, 0.29) is 11.2 Å². The highest BCUT2D eigenvalue weighted by Crippen LogP contribution is 2.22. The second-order valence-electron chi connectivity index (χ2n) is 6.10. The predicted molar refractivity (Wildman–Crippen MR) is 107 cm³/mol. The average Bonchev–Trinajstić information content (AvgIpc) is 3.06. The molecule has 3 aromatic rings. The van der Waals surface area contributed by atoms with E-state index in [4.69, 9.17) is 4.74 Å². The Morgan fingerprint density at radius 3 is 2.46 bits per heavy atom. The molecule has 0 aliphatic carbocycles. The SMILES string of the molecule is COCCN=C(C)c1c(-c2ccccc2)[nH]n(-c2ccc([N+](=O)[O-])cc2)c1=O. The number of hydrogen-bond acceptors (Lipinski definition) is 5. The topological polar surface area (TPSA) is 103 Å². The number of nitro groups is 1. The van der Waals surface area contributed by atoms with Crippen LogP contribution in [0.3, 0.4) is 0 Å². The number of aromatic amines is 1. The van der Waals surface area contributed by atoms with Crippen LogP contribution in [0.2, 0.25) is 0 Å². The third-order valence-corrected chi connectivity index (χ3v) is 4.28. The lowest BCUT2D eigenvalue weighted by Gasteiger charge is -2.03. The van der Waals surface area contributed by atoms with Crippen LogP contribution in [0, 0.1) is 10.1 Å². The number of rotatable bonds is 7. The zero-order chi connectivity index (χ0) is 20.1. The summed E-state index contributed by atoms with van der Waals surface area (Å²) in [7, 11) is 1.60. The molecule has 0 saturated heterocycles. The van der Waals surface area contributed by atoms with Gasteiger partial charge in [0.05, 0.1) is 35.0 Å². The van der Waals surface area contributed by atoms with Gasteiger partial charge < -0.3 is 4.74 Å². The number of nitrogens with one attached hydrogen (secondary N) is 1. The Labute approximate surface area is 161 Å². The lowest BCUT2D eigenvalue weighted by molar-refractivity contribution is -0.384. The molecule has 1 N–H and O–H groups in total. The molecule has 0 aliphatic rings. The van der Waals surface area contributed by atoms with Crippen molar-refractivity contribution < 1.29 is 9.66 Å². The van der Waals surface area contributed by atoms with Crippen LogP contribution in [0.15, 0.2) is 64.4 Å². The van der Waals surface area contributed by atoms with Gasteiger partial charge in [0.1, 0.15) is 0 Å². The molecule has 0 amide bonds. The van der Waals surface area contributed by atoms with E-state index in [1.165, 1.54) is 28.9 Å². The quantitative estimate of drug-likeness (QED) is 0.294. The van der Waals surface area contributed by atoms with Crippen LogP contribution < -0.4 is 5.56 Å². The molecule has 28 heavy (non-hydrogen) atoms. The predicted octanol–water partition coefficient (Wildman–Crippen LogP) is 3.20. The van der Waals surface area contributed by atoms with E-state index in [1.54, 1.807) is 14.0 Å². The molecule has 0 atom stereocenters. The second-order valence-corrected chi connectivity index (χ2v) is 6.10. The molecule has 0 radical (unpaired) electrons. The molecule has 1 heterocycles. The molecule has 2 aromatic carbocycles. The first kappa shape index (κ1) is 19.2. The Morgan fingerprint density at radius 2 is 1.86 bits per heavy atom. The number of H-pyrrole nitrogens is 1. The van der Waals surface area contributed by atoms with Crippen LogP contribution in [-0.2, 0) is 4.74 Å². The third kappa shape index (κ3) is 3.91. The fraction of sp³-hybridized carbons (Fsp3) is 0.200. The zero-order valence-corrected chi connectivity index (χ0v) is 15.6. The van der Waals surface area contributed by atoms with Crippen molar-refractivity contribution in [3.63, 3.8) is 0 Å². The average molecular weight is 380 g/mol. The van der Waals surface area contributed by atoms with E-state index >= 15 is 0 Å². The maximum atomic E-state index is 13.1. The summed E-state index contributed by atoms with van der Waals surface area (Å²) in [5.41, 5.74) is 2.73. The maximum absolute atomic E-state index is 13.1. The van der Waals surface area contributed by atoms with Crippen molar-refractivity contribution >= 4 is 11.4 Å². The molecule has 0 bridgehead atoms. The second kappa shape index (κ2) is 8.45. The van der Waals surface area contributed by atoms with Crippen LogP contribution in [0.4, 0.5) is 5.69 Å². The van der Waals surface area contributed by atoms with Gasteiger partial charge in [0.2, 0.25) is 0 Å². The van der Waals surface area contributed by atoms with Gasteiger partial charge in [-0.3, -0.25) is 25.0 Å².